The summed E-state index contributed by atoms with van der Waals surface area (Å²) < 4.78 is 18.5. The maximum absolute atomic E-state index is 9.24. The van der Waals surface area contributed by atoms with Crippen molar-refractivity contribution in [3.05, 3.63) is 0 Å². The van der Waals surface area contributed by atoms with Crippen LogP contribution in [-0.4, -0.2) is 79.0 Å². The van der Waals surface area contributed by atoms with Crippen LogP contribution in [0, 0.1) is 0 Å². The minimum absolute atomic E-state index is 0. The summed E-state index contributed by atoms with van der Waals surface area (Å²) in [5.74, 6) is 0. The van der Waals surface area contributed by atoms with Gasteiger partial charge in [0, 0.05) is 0 Å². The van der Waals surface area contributed by atoms with Crippen molar-refractivity contribution >= 4 is 60.7 Å². The number of rotatable bonds is 1. The molecule has 0 aliphatic heterocycles. The number of hydrogen-bond acceptors (Lipinski definition) is 6. The molecule has 0 atom stereocenters. The molecule has 0 aliphatic carbocycles. The second-order valence-electron chi connectivity index (χ2n) is 0.937. The fourth-order valence-corrected chi connectivity index (χ4v) is 0. The van der Waals surface area contributed by atoms with Gasteiger partial charge in [-0.05, 0) is 14.6 Å². The van der Waals surface area contributed by atoms with Gasteiger partial charge in [-0.1, -0.05) is 0 Å². The Labute approximate surface area is 122 Å². The molecule has 0 aromatic rings. The maximum Gasteiger partial charge on any atom is 2.00 e. The molecule has 0 rings (SSSR count). The first-order valence-electron chi connectivity index (χ1n) is 1.30. The molecule has 16 heteroatoms. The fraction of sp³-hybridized carbons (Fsp3) is 0. The summed E-state index contributed by atoms with van der Waals surface area (Å²) in [7, 11) is -11.8. The molecule has 12 N–H and O–H groups in total. The van der Waals surface area contributed by atoms with Gasteiger partial charge < -0.3 is 61.6 Å². The minimum Gasteiger partial charge on any atom is -0.807 e. The van der Waals surface area contributed by atoms with Crippen molar-refractivity contribution in [1.82, 2.24) is 0 Å². The third kappa shape index (κ3) is 29.6. The van der Waals surface area contributed by atoms with Gasteiger partial charge in [0.2, 0.25) is 0 Å². The molecule has 0 heterocycles. The molecule has 98 valence electrons. The molecule has 0 spiro atoms. The largest absolute Gasteiger partial charge is 2.00 e. The number of hydrogen-bond donors (Lipinski definition) is 0. The molecule has 0 bridgehead atoms. The zero-order chi connectivity index (χ0) is 7.00. The molecule has 0 aromatic heterocycles. The molecule has 0 amide bonds. The van der Waals surface area contributed by atoms with Gasteiger partial charge in [0.15, 0.2) is 0 Å². The van der Waals surface area contributed by atoms with Crippen LogP contribution >= 0.6 is 14.6 Å². The van der Waals surface area contributed by atoms with E-state index in [2.05, 4.69) is 0 Å². The van der Waals surface area contributed by atoms with Gasteiger partial charge >= 0.3 is 46.1 Å². The first-order chi connectivity index (χ1) is 3.25. The van der Waals surface area contributed by atoms with Crippen LogP contribution < -0.4 is 19.6 Å². The Morgan fingerprint density at radius 2 is 0.562 bits per heavy atom. The molecule has 12 nitrogen and oxygen atoms in total. The average Bonchev–Trinajstić information content (AvgIpc) is 1.25. The topological polar surface area (TPSA) is 315 Å². The van der Waals surface area contributed by atoms with Crippen LogP contribution in [0.3, 0.4) is 0 Å². The second kappa shape index (κ2) is 21.8. The van der Waals surface area contributed by atoms with Crippen LogP contribution in [0.25, 0.3) is 0 Å². The predicted molar refractivity (Wildman–Crippen MR) is 48.4 cm³/mol. The van der Waals surface area contributed by atoms with Crippen LogP contribution in [0.2, 0.25) is 0 Å². The summed E-state index contributed by atoms with van der Waals surface area (Å²) in [6, 6.07) is 0. The van der Waals surface area contributed by atoms with Gasteiger partial charge in [-0.2, -0.15) is 0 Å². The summed E-state index contributed by atoms with van der Waals surface area (Å²) in [5, 5.41) is 0. The molecular weight excluding hydrogens is 303 g/mol. The van der Waals surface area contributed by atoms with Crippen molar-refractivity contribution in [2.45, 2.75) is 0 Å². The SMILES string of the molecule is O.O.O.O.O.O.O=P([O-])([O-])P(=O)([O-])[O-].[Mg+2].[Mg+2]. The van der Waals surface area contributed by atoms with Crippen LogP contribution in [0.15, 0.2) is 0 Å². The molecule has 16 heavy (non-hydrogen) atoms. The molecular formula is H12Mg2O12P2. The Hall–Kier alpha value is 1.59. The van der Waals surface area contributed by atoms with Crippen LogP contribution in [0.4, 0.5) is 0 Å². The zero-order valence-electron chi connectivity index (χ0n) is 7.76. The Morgan fingerprint density at radius 1 is 0.500 bits per heavy atom. The van der Waals surface area contributed by atoms with Crippen molar-refractivity contribution in [2.24, 2.45) is 0 Å². The van der Waals surface area contributed by atoms with E-state index in [0.717, 1.165) is 0 Å². The average molecular weight is 315 g/mol. The van der Waals surface area contributed by atoms with Crippen molar-refractivity contribution < 1.29 is 61.6 Å². The summed E-state index contributed by atoms with van der Waals surface area (Å²) in [5.41, 5.74) is 0. The van der Waals surface area contributed by atoms with E-state index in [1.807, 2.05) is 0 Å². The fourth-order valence-electron chi connectivity index (χ4n) is 0. The molecule has 0 aliphatic rings. The van der Waals surface area contributed by atoms with Gasteiger partial charge in [0.05, 0.1) is 0 Å². The van der Waals surface area contributed by atoms with Crippen LogP contribution in [0.5, 0.6) is 0 Å². The van der Waals surface area contributed by atoms with Crippen LogP contribution in [0.1, 0.15) is 0 Å². The first-order valence-corrected chi connectivity index (χ1v) is 5.09. The second-order valence-corrected chi connectivity index (χ2v) is 5.75. The first kappa shape index (κ1) is 65.6. The van der Waals surface area contributed by atoms with Gasteiger partial charge in [-0.3, -0.25) is 0 Å². The van der Waals surface area contributed by atoms with E-state index in [4.69, 9.17) is 0 Å². The quantitative estimate of drug-likeness (QED) is 0.333. The Balaban J connectivity index is -0.00000000875. The van der Waals surface area contributed by atoms with Crippen LogP contribution in [-0.2, 0) is 9.13 Å². The molecule has 0 radical (unpaired) electrons. The van der Waals surface area contributed by atoms with E-state index in [1.54, 1.807) is 0 Å². The van der Waals surface area contributed by atoms with Crippen molar-refractivity contribution in [3.8, 4) is 0 Å². The van der Waals surface area contributed by atoms with E-state index in [0.29, 0.717) is 0 Å². The molecule has 0 saturated heterocycles. The Morgan fingerprint density at radius 3 is 0.562 bits per heavy atom. The van der Waals surface area contributed by atoms with E-state index in [1.165, 1.54) is 0 Å². The molecule has 0 aromatic carbocycles. The predicted octanol–water partition coefficient (Wildman–Crippen LogP) is -8.98. The Kier molecular flexibility index (Phi) is 89.5. The van der Waals surface area contributed by atoms with Gasteiger partial charge in [0.25, 0.3) is 0 Å². The third-order valence-electron chi connectivity index (χ3n) is 0.300. The summed E-state index contributed by atoms with van der Waals surface area (Å²) in [6.07, 6.45) is 0. The third-order valence-corrected chi connectivity index (χ3v) is 2.70. The minimum atomic E-state index is -5.91. The Bertz CT molecular complexity index is 146. The molecule has 0 fully saturated rings. The standard InChI is InChI=1S/2Mg.H4O6P2.6H2O/c;;1-7(2,3)8(4,5)6;;;;;;/h;;(H2,1,2,3)(H2,4,5,6);6*1H2/q2*+2;;;;;;;/p-4. The van der Waals surface area contributed by atoms with Gasteiger partial charge in [-0.15, -0.1) is 0 Å². The normalized spacial score (nSPS) is 7.00. The van der Waals surface area contributed by atoms with E-state index in [-0.39, 0.29) is 79.0 Å². The molecule has 0 saturated carbocycles. The van der Waals surface area contributed by atoms with Crippen molar-refractivity contribution in [3.63, 3.8) is 0 Å². The van der Waals surface area contributed by atoms with E-state index >= 15 is 0 Å². The van der Waals surface area contributed by atoms with E-state index in [9.17, 15) is 28.7 Å². The van der Waals surface area contributed by atoms with Gasteiger partial charge in [-0.25, -0.2) is 0 Å². The van der Waals surface area contributed by atoms with Gasteiger partial charge in [0.1, 0.15) is 0 Å². The zero-order valence-corrected chi connectivity index (χ0v) is 12.4. The summed E-state index contributed by atoms with van der Waals surface area (Å²) in [4.78, 5) is 36.9. The summed E-state index contributed by atoms with van der Waals surface area (Å²) >= 11 is 0. The molecule has 0 unspecified atom stereocenters. The maximum atomic E-state index is 9.24. The summed E-state index contributed by atoms with van der Waals surface area (Å²) in [6.45, 7) is 0. The smallest absolute Gasteiger partial charge is 0.807 e. The monoisotopic (exact) mass is 314 g/mol. The van der Waals surface area contributed by atoms with E-state index < -0.39 is 14.6 Å². The van der Waals surface area contributed by atoms with Crippen molar-refractivity contribution in [2.75, 3.05) is 0 Å². The van der Waals surface area contributed by atoms with Crippen molar-refractivity contribution in [1.29, 1.82) is 0 Å².